The van der Waals surface area contributed by atoms with E-state index in [1.54, 1.807) is 80.6 Å². The van der Waals surface area contributed by atoms with Crippen LogP contribution in [0.1, 0.15) is 31.0 Å². The summed E-state index contributed by atoms with van der Waals surface area (Å²) in [5.74, 6) is 0.844. The van der Waals surface area contributed by atoms with Gasteiger partial charge in [-0.05, 0) is 79.6 Å². The molecule has 1 aliphatic rings. The van der Waals surface area contributed by atoms with Gasteiger partial charge in [0.1, 0.15) is 17.2 Å². The number of phenolic OH excluding ortho intramolecular Hbond substituents is 1. The molecule has 7 nitrogen and oxygen atoms in total. The Bertz CT molecular complexity index is 1700. The van der Waals surface area contributed by atoms with Crippen LogP contribution in [0.2, 0.25) is 5.02 Å². The molecule has 0 fully saturated rings. The van der Waals surface area contributed by atoms with Gasteiger partial charge in [0.25, 0.3) is 5.56 Å². The van der Waals surface area contributed by atoms with Crippen molar-refractivity contribution in [1.29, 1.82) is 0 Å². The molecule has 0 saturated carbocycles. The van der Waals surface area contributed by atoms with E-state index in [1.165, 1.54) is 15.9 Å². The van der Waals surface area contributed by atoms with Crippen molar-refractivity contribution in [3.05, 3.63) is 120 Å². The molecular formula is C29H23ClN2O5S. The lowest BCUT2D eigenvalue weighted by Gasteiger charge is -2.24. The molecule has 2 heterocycles. The summed E-state index contributed by atoms with van der Waals surface area (Å²) in [6.45, 7) is 3.67. The van der Waals surface area contributed by atoms with E-state index in [0.29, 0.717) is 42.7 Å². The number of thiazole rings is 1. The molecule has 9 heteroatoms. The average Bonchev–Trinajstić information content (AvgIpc) is 3.20. The second-order valence-electron chi connectivity index (χ2n) is 8.52. The van der Waals surface area contributed by atoms with Crippen molar-refractivity contribution >= 4 is 35.0 Å². The maximum absolute atomic E-state index is 13.7. The van der Waals surface area contributed by atoms with Gasteiger partial charge in [-0.15, -0.1) is 0 Å². The topological polar surface area (TPSA) is 90.1 Å². The monoisotopic (exact) mass is 546 g/mol. The molecule has 1 atom stereocenters. The molecule has 192 valence electrons. The molecule has 4 aromatic rings. The van der Waals surface area contributed by atoms with Crippen LogP contribution < -0.4 is 19.6 Å². The van der Waals surface area contributed by atoms with Crippen molar-refractivity contribution in [2.45, 2.75) is 19.9 Å². The zero-order valence-electron chi connectivity index (χ0n) is 20.6. The molecule has 1 unspecified atom stereocenters. The van der Waals surface area contributed by atoms with Crippen LogP contribution in [0.3, 0.4) is 0 Å². The SMILES string of the molecule is CCOC(=O)C1=C(C)N=c2s/c(=C\c3ccc(O)cc3)c(=O)n2C1c1ccc(Oc2ccc(Cl)cc2)cc1. The van der Waals surface area contributed by atoms with E-state index in [2.05, 4.69) is 4.99 Å². The summed E-state index contributed by atoms with van der Waals surface area (Å²) in [6, 6.07) is 20.1. The van der Waals surface area contributed by atoms with Crippen molar-refractivity contribution in [2.75, 3.05) is 6.61 Å². The first-order chi connectivity index (χ1) is 18.3. The minimum atomic E-state index is -0.725. The van der Waals surface area contributed by atoms with Gasteiger partial charge >= 0.3 is 5.97 Å². The van der Waals surface area contributed by atoms with Crippen molar-refractivity contribution in [1.82, 2.24) is 4.57 Å². The molecule has 38 heavy (non-hydrogen) atoms. The zero-order valence-corrected chi connectivity index (χ0v) is 22.1. The molecule has 1 N–H and O–H groups in total. The lowest BCUT2D eigenvalue weighted by Crippen LogP contribution is -2.39. The van der Waals surface area contributed by atoms with E-state index in [-0.39, 0.29) is 17.9 Å². The summed E-state index contributed by atoms with van der Waals surface area (Å²) in [6.07, 6.45) is 1.74. The van der Waals surface area contributed by atoms with Gasteiger partial charge in [0.15, 0.2) is 4.80 Å². The molecule has 5 rings (SSSR count). The Hall–Kier alpha value is -4.14. The van der Waals surface area contributed by atoms with Crippen LogP contribution in [0.5, 0.6) is 17.2 Å². The third-order valence-corrected chi connectivity index (χ3v) is 7.19. The minimum Gasteiger partial charge on any atom is -0.508 e. The number of aromatic hydroxyl groups is 1. The van der Waals surface area contributed by atoms with Gasteiger partial charge in [-0.2, -0.15) is 0 Å². The quantitative estimate of drug-likeness (QED) is 0.346. The summed E-state index contributed by atoms with van der Waals surface area (Å²) in [4.78, 5) is 31.8. The number of esters is 1. The van der Waals surface area contributed by atoms with Crippen LogP contribution in [0, 0.1) is 0 Å². The lowest BCUT2D eigenvalue weighted by atomic mass is 9.96. The van der Waals surface area contributed by atoms with Crippen molar-refractivity contribution in [3.63, 3.8) is 0 Å². The van der Waals surface area contributed by atoms with Gasteiger partial charge < -0.3 is 14.6 Å². The number of nitrogens with zero attached hydrogens (tertiary/aromatic N) is 2. The smallest absolute Gasteiger partial charge is 0.338 e. The van der Waals surface area contributed by atoms with E-state index < -0.39 is 12.0 Å². The lowest BCUT2D eigenvalue weighted by molar-refractivity contribution is -0.139. The Kier molecular flexibility index (Phi) is 7.18. The fourth-order valence-corrected chi connectivity index (χ4v) is 5.36. The number of carbonyl (C=O) groups is 1. The number of fused-ring (bicyclic) bond motifs is 1. The minimum absolute atomic E-state index is 0.141. The average molecular weight is 547 g/mol. The van der Waals surface area contributed by atoms with Crippen LogP contribution >= 0.6 is 22.9 Å². The highest BCUT2D eigenvalue weighted by Gasteiger charge is 2.33. The molecule has 3 aromatic carbocycles. The standard InChI is InChI=1S/C29H23ClN2O5S/c1-3-36-28(35)25-17(2)31-29-32(27(34)24(38-29)16-18-4-10-21(33)11-5-18)26(25)19-6-12-22(13-7-19)37-23-14-8-20(30)9-15-23/h4-16,26,33H,3H2,1-2H3/b24-16-. The van der Waals surface area contributed by atoms with Crippen LogP contribution in [-0.4, -0.2) is 22.2 Å². The molecule has 0 saturated heterocycles. The number of hydrogen-bond donors (Lipinski definition) is 1. The number of aromatic nitrogens is 1. The Morgan fingerprint density at radius 3 is 2.32 bits per heavy atom. The Balaban J connectivity index is 1.59. The highest BCUT2D eigenvalue weighted by molar-refractivity contribution is 7.07. The van der Waals surface area contributed by atoms with E-state index in [4.69, 9.17) is 21.1 Å². The van der Waals surface area contributed by atoms with E-state index >= 15 is 0 Å². The van der Waals surface area contributed by atoms with Gasteiger partial charge in [0, 0.05) is 5.02 Å². The van der Waals surface area contributed by atoms with E-state index in [1.807, 2.05) is 12.1 Å². The first kappa shape index (κ1) is 25.5. The number of ether oxygens (including phenoxy) is 2. The number of hydrogen-bond acceptors (Lipinski definition) is 7. The highest BCUT2D eigenvalue weighted by atomic mass is 35.5. The maximum Gasteiger partial charge on any atom is 0.338 e. The van der Waals surface area contributed by atoms with Crippen LogP contribution in [0.4, 0.5) is 0 Å². The number of halogens is 1. The van der Waals surface area contributed by atoms with E-state index in [9.17, 15) is 14.7 Å². The first-order valence-electron chi connectivity index (χ1n) is 11.9. The number of carbonyl (C=O) groups excluding carboxylic acids is 1. The number of benzene rings is 3. The molecule has 0 amide bonds. The van der Waals surface area contributed by atoms with Crippen molar-refractivity contribution in [3.8, 4) is 17.2 Å². The Morgan fingerprint density at radius 2 is 1.68 bits per heavy atom. The summed E-state index contributed by atoms with van der Waals surface area (Å²) >= 11 is 7.20. The van der Waals surface area contributed by atoms with Gasteiger partial charge in [0.05, 0.1) is 28.5 Å². The first-order valence-corrected chi connectivity index (χ1v) is 13.1. The largest absolute Gasteiger partial charge is 0.508 e. The summed E-state index contributed by atoms with van der Waals surface area (Å²) in [5.41, 5.74) is 1.99. The van der Waals surface area contributed by atoms with Gasteiger partial charge in [-0.25, -0.2) is 9.79 Å². The number of phenols is 1. The van der Waals surface area contributed by atoms with Crippen LogP contribution in [-0.2, 0) is 9.53 Å². The molecular weight excluding hydrogens is 524 g/mol. The van der Waals surface area contributed by atoms with Crippen LogP contribution in [0.15, 0.2) is 93.9 Å². The van der Waals surface area contributed by atoms with Crippen molar-refractivity contribution < 1.29 is 19.4 Å². The van der Waals surface area contributed by atoms with Gasteiger partial charge in [-0.3, -0.25) is 9.36 Å². The Labute approximate surface area is 227 Å². The molecule has 0 radical (unpaired) electrons. The van der Waals surface area contributed by atoms with E-state index in [0.717, 1.165) is 5.56 Å². The van der Waals surface area contributed by atoms with Gasteiger partial charge in [0.2, 0.25) is 0 Å². The number of rotatable bonds is 6. The second-order valence-corrected chi connectivity index (χ2v) is 9.96. The predicted molar refractivity (Wildman–Crippen MR) is 146 cm³/mol. The maximum atomic E-state index is 13.7. The summed E-state index contributed by atoms with van der Waals surface area (Å²) in [5, 5.41) is 10.2. The third-order valence-electron chi connectivity index (χ3n) is 5.95. The van der Waals surface area contributed by atoms with Gasteiger partial charge in [-0.1, -0.05) is 47.2 Å². The molecule has 0 spiro atoms. The molecule has 0 bridgehead atoms. The third kappa shape index (κ3) is 5.14. The molecule has 0 aliphatic carbocycles. The highest BCUT2D eigenvalue weighted by Crippen LogP contribution is 2.32. The molecule has 1 aromatic heterocycles. The summed E-state index contributed by atoms with van der Waals surface area (Å²) in [7, 11) is 0. The Morgan fingerprint density at radius 1 is 1.05 bits per heavy atom. The zero-order chi connectivity index (χ0) is 26.8. The molecule has 1 aliphatic heterocycles. The number of allylic oxidation sites excluding steroid dienone is 1. The normalized spacial score (nSPS) is 15.1. The summed E-state index contributed by atoms with van der Waals surface area (Å²) < 4.78 is 13.3. The van der Waals surface area contributed by atoms with Crippen molar-refractivity contribution in [2.24, 2.45) is 4.99 Å². The fraction of sp³-hybridized carbons (Fsp3) is 0.138. The van der Waals surface area contributed by atoms with Crippen LogP contribution in [0.25, 0.3) is 6.08 Å². The predicted octanol–water partition coefficient (Wildman–Crippen LogP) is 4.95. The fourth-order valence-electron chi connectivity index (χ4n) is 4.19. The second kappa shape index (κ2) is 10.7.